The number of anilines is 1. The number of aromatic nitrogens is 1. The molecule has 2 aromatic heterocycles. The van der Waals surface area contributed by atoms with E-state index >= 15 is 0 Å². The maximum absolute atomic E-state index is 13.2. The summed E-state index contributed by atoms with van der Waals surface area (Å²) in [6.07, 6.45) is 1.31. The molecule has 188 valence electrons. The highest BCUT2D eigenvalue weighted by Crippen LogP contribution is 2.54. The van der Waals surface area contributed by atoms with Gasteiger partial charge in [0.15, 0.2) is 5.78 Å². The fraction of sp³-hybridized carbons (Fsp3) is 0.393. The Morgan fingerprint density at radius 1 is 1.17 bits per heavy atom. The van der Waals surface area contributed by atoms with Crippen LogP contribution in [0.4, 0.5) is 5.00 Å². The van der Waals surface area contributed by atoms with Crippen molar-refractivity contribution in [3.05, 3.63) is 58.6 Å². The quantitative estimate of drug-likeness (QED) is 0.555. The van der Waals surface area contributed by atoms with Crippen LogP contribution in [0.2, 0.25) is 0 Å². The second-order valence-electron chi connectivity index (χ2n) is 10.3. The summed E-state index contributed by atoms with van der Waals surface area (Å²) >= 11 is 1.48. The average molecular weight is 506 g/mol. The number of rotatable bonds is 4. The molecule has 5 rings (SSSR count). The van der Waals surface area contributed by atoms with Gasteiger partial charge in [0.25, 0.3) is 5.91 Å². The number of amides is 1. The van der Waals surface area contributed by atoms with E-state index < -0.39 is 11.5 Å². The zero-order valence-corrected chi connectivity index (χ0v) is 21.9. The van der Waals surface area contributed by atoms with Crippen molar-refractivity contribution in [3.63, 3.8) is 0 Å². The highest BCUT2D eigenvalue weighted by molar-refractivity contribution is 7.19. The zero-order chi connectivity index (χ0) is 25.6. The zero-order valence-electron chi connectivity index (χ0n) is 21.1. The molecule has 0 bridgehead atoms. The fourth-order valence-electron chi connectivity index (χ4n) is 4.96. The van der Waals surface area contributed by atoms with Crippen molar-refractivity contribution in [1.29, 1.82) is 0 Å². The van der Waals surface area contributed by atoms with Crippen LogP contribution in [0, 0.1) is 5.41 Å². The number of carbonyl (C=O) groups excluding carboxylic acids is 2. The Balaban J connectivity index is 1.66. The minimum Gasteiger partial charge on any atom is -0.388 e. The Morgan fingerprint density at radius 3 is 2.64 bits per heavy atom. The number of fused-ring (bicyclic) bond motifs is 1. The van der Waals surface area contributed by atoms with Gasteiger partial charge in [0.1, 0.15) is 5.00 Å². The molecule has 2 aliphatic rings. The van der Waals surface area contributed by atoms with Gasteiger partial charge in [-0.05, 0) is 29.8 Å². The molecule has 1 amide bonds. The Morgan fingerprint density at radius 2 is 1.92 bits per heavy atom. The van der Waals surface area contributed by atoms with Gasteiger partial charge in [0, 0.05) is 67.5 Å². The van der Waals surface area contributed by atoms with Gasteiger partial charge in [-0.25, -0.2) is 0 Å². The smallest absolute Gasteiger partial charge is 0.253 e. The van der Waals surface area contributed by atoms with Gasteiger partial charge in [-0.1, -0.05) is 26.0 Å². The summed E-state index contributed by atoms with van der Waals surface area (Å²) in [5.74, 6) is 0.00798. The first kappa shape index (κ1) is 24.6. The number of aliphatic hydroxyl groups excluding tert-OH is 1. The van der Waals surface area contributed by atoms with Gasteiger partial charge in [-0.15, -0.1) is 11.3 Å². The third kappa shape index (κ3) is 4.34. The lowest BCUT2D eigenvalue weighted by atomic mass is 9.72. The number of morpholine rings is 1. The Labute approximate surface area is 215 Å². The molecule has 8 heteroatoms. The van der Waals surface area contributed by atoms with Gasteiger partial charge in [0.05, 0.1) is 29.9 Å². The number of carbonyl (C=O) groups is 2. The summed E-state index contributed by atoms with van der Waals surface area (Å²) in [6.45, 7) is 6.59. The molecule has 1 saturated heterocycles. The lowest BCUT2D eigenvalue weighted by Crippen LogP contribution is -2.36. The molecule has 0 unspecified atom stereocenters. The highest BCUT2D eigenvalue weighted by atomic mass is 32.1. The Kier molecular flexibility index (Phi) is 6.44. The maximum atomic E-state index is 13.2. The maximum Gasteiger partial charge on any atom is 0.253 e. The second kappa shape index (κ2) is 9.42. The van der Waals surface area contributed by atoms with E-state index in [9.17, 15) is 14.7 Å². The number of hydrogen-bond donors (Lipinski definition) is 1. The predicted octanol–water partition coefficient (Wildman–Crippen LogP) is 4.66. The molecule has 0 radical (unpaired) electrons. The first-order valence-electron chi connectivity index (χ1n) is 12.2. The van der Waals surface area contributed by atoms with Crippen LogP contribution in [-0.4, -0.2) is 67.1 Å². The SMILES string of the molecule is CN(C)C(=O)c1cccc(-c2cc(-c3c(N4CCOCC4)sc4c3[C@H](O)C(C)(C)CC4=O)ccn2)c1. The van der Waals surface area contributed by atoms with Crippen LogP contribution < -0.4 is 4.90 Å². The molecule has 1 atom stereocenters. The van der Waals surface area contributed by atoms with E-state index in [1.54, 1.807) is 31.3 Å². The van der Waals surface area contributed by atoms with E-state index in [1.807, 2.05) is 44.2 Å². The molecule has 3 aromatic rings. The molecule has 1 aromatic carbocycles. The number of pyridine rings is 1. The number of thiophene rings is 1. The summed E-state index contributed by atoms with van der Waals surface area (Å²) in [4.78, 5) is 34.8. The van der Waals surface area contributed by atoms with Gasteiger partial charge in [0.2, 0.25) is 0 Å². The summed E-state index contributed by atoms with van der Waals surface area (Å²) < 4.78 is 5.57. The van der Waals surface area contributed by atoms with Crippen LogP contribution in [-0.2, 0) is 4.74 Å². The molecular weight excluding hydrogens is 474 g/mol. The average Bonchev–Trinajstić information content (AvgIpc) is 3.29. The lowest BCUT2D eigenvalue weighted by Gasteiger charge is -2.35. The van der Waals surface area contributed by atoms with E-state index in [2.05, 4.69) is 9.88 Å². The monoisotopic (exact) mass is 505 g/mol. The van der Waals surface area contributed by atoms with Crippen molar-refractivity contribution in [1.82, 2.24) is 9.88 Å². The van der Waals surface area contributed by atoms with Crippen molar-refractivity contribution in [3.8, 4) is 22.4 Å². The van der Waals surface area contributed by atoms with Gasteiger partial charge >= 0.3 is 0 Å². The first-order chi connectivity index (χ1) is 17.2. The van der Waals surface area contributed by atoms with Crippen LogP contribution in [0.1, 0.15) is 52.0 Å². The number of hydrogen-bond acceptors (Lipinski definition) is 7. The fourth-order valence-corrected chi connectivity index (χ4v) is 6.31. The van der Waals surface area contributed by atoms with E-state index in [1.165, 1.54) is 11.3 Å². The summed E-state index contributed by atoms with van der Waals surface area (Å²) in [7, 11) is 3.46. The van der Waals surface area contributed by atoms with Crippen LogP contribution in [0.5, 0.6) is 0 Å². The van der Waals surface area contributed by atoms with Crippen LogP contribution in [0.15, 0.2) is 42.6 Å². The van der Waals surface area contributed by atoms with Gasteiger partial charge in [-0.3, -0.25) is 14.6 Å². The van der Waals surface area contributed by atoms with Gasteiger partial charge in [-0.2, -0.15) is 0 Å². The molecule has 1 aliphatic carbocycles. The van der Waals surface area contributed by atoms with Crippen LogP contribution in [0.3, 0.4) is 0 Å². The number of nitrogens with zero attached hydrogens (tertiary/aromatic N) is 3. The topological polar surface area (TPSA) is 83.0 Å². The normalized spacial score (nSPS) is 19.2. The molecule has 36 heavy (non-hydrogen) atoms. The van der Waals surface area contributed by atoms with Crippen molar-refractivity contribution in [2.24, 2.45) is 5.41 Å². The number of benzene rings is 1. The third-order valence-corrected chi connectivity index (χ3v) is 8.28. The van der Waals surface area contributed by atoms with Crippen molar-refractivity contribution in [2.45, 2.75) is 26.4 Å². The summed E-state index contributed by atoms with van der Waals surface area (Å²) in [6, 6.07) is 11.4. The van der Waals surface area contributed by atoms with Crippen LogP contribution in [0.25, 0.3) is 22.4 Å². The Hall–Kier alpha value is -3.07. The summed E-state index contributed by atoms with van der Waals surface area (Å²) in [5, 5.41) is 12.4. The Bertz CT molecular complexity index is 1320. The standard InChI is InChI=1S/C28H31N3O4S/c1-28(2)16-21(32)24-23(25(28)33)22(27(36-24)31-10-12-35-13-11-31)18-8-9-29-20(15-18)17-6-5-7-19(14-17)26(34)30(3)4/h5-9,14-15,25,33H,10-13,16H2,1-4H3/t25-/m0/s1. The first-order valence-corrected chi connectivity index (χ1v) is 13.0. The molecule has 1 aliphatic heterocycles. The van der Waals surface area contributed by atoms with Crippen LogP contribution >= 0.6 is 11.3 Å². The molecule has 0 spiro atoms. The molecule has 1 N–H and O–H groups in total. The highest BCUT2D eigenvalue weighted by Gasteiger charge is 2.43. The number of aliphatic hydroxyl groups is 1. The van der Waals surface area contributed by atoms with Crippen molar-refractivity contribution >= 4 is 28.0 Å². The minimum absolute atomic E-state index is 0.0709. The number of Topliss-reactive ketones (excluding diaryl/α,β-unsaturated/α-hetero) is 1. The largest absolute Gasteiger partial charge is 0.388 e. The lowest BCUT2D eigenvalue weighted by molar-refractivity contribution is 0.0330. The van der Waals surface area contributed by atoms with E-state index in [4.69, 9.17) is 4.74 Å². The summed E-state index contributed by atoms with van der Waals surface area (Å²) in [5.41, 5.74) is 4.11. The molecule has 7 nitrogen and oxygen atoms in total. The van der Waals surface area contributed by atoms with E-state index in [-0.39, 0.29) is 11.7 Å². The second-order valence-corrected chi connectivity index (χ2v) is 11.3. The third-order valence-electron chi connectivity index (χ3n) is 6.97. The van der Waals surface area contributed by atoms with Gasteiger partial charge < -0.3 is 19.6 Å². The molecule has 0 saturated carbocycles. The molecule has 3 heterocycles. The molecular formula is C28H31N3O4S. The number of ketones is 1. The number of ether oxygens (including phenoxy) is 1. The minimum atomic E-state index is -0.760. The van der Waals surface area contributed by atoms with E-state index in [0.717, 1.165) is 46.0 Å². The van der Waals surface area contributed by atoms with Crippen molar-refractivity contribution < 1.29 is 19.4 Å². The molecule has 1 fully saturated rings. The van der Waals surface area contributed by atoms with E-state index in [0.29, 0.717) is 30.1 Å². The van der Waals surface area contributed by atoms with Crippen molar-refractivity contribution in [2.75, 3.05) is 45.3 Å². The predicted molar refractivity (Wildman–Crippen MR) is 142 cm³/mol.